The van der Waals surface area contributed by atoms with Crippen molar-refractivity contribution >= 4 is 0 Å². The molecule has 3 aliphatic heterocycles. The average Bonchev–Trinajstić information content (AvgIpc) is 2.89. The Morgan fingerprint density at radius 3 is 2.78 bits per heavy atom. The van der Waals surface area contributed by atoms with E-state index in [1.165, 1.54) is 52.0 Å². The van der Waals surface area contributed by atoms with Crippen LogP contribution in [0.1, 0.15) is 19.3 Å². The van der Waals surface area contributed by atoms with Crippen LogP contribution in [0.4, 0.5) is 0 Å². The molecule has 1 N–H and O–H groups in total. The third kappa shape index (κ3) is 3.23. The van der Waals surface area contributed by atoms with Crippen molar-refractivity contribution in [3.63, 3.8) is 0 Å². The molecule has 0 aromatic carbocycles. The molecule has 2 unspecified atom stereocenters. The maximum Gasteiger partial charge on any atom is 0.0594 e. The van der Waals surface area contributed by atoms with Gasteiger partial charge in [-0.1, -0.05) is 0 Å². The van der Waals surface area contributed by atoms with Gasteiger partial charge >= 0.3 is 0 Å². The summed E-state index contributed by atoms with van der Waals surface area (Å²) in [6.45, 7) is 10.5. The summed E-state index contributed by atoms with van der Waals surface area (Å²) in [6.07, 6.45) is 4.15. The Labute approximate surface area is 111 Å². The normalized spacial score (nSPS) is 36.0. The molecule has 0 aliphatic carbocycles. The molecule has 4 nitrogen and oxygen atoms in total. The summed E-state index contributed by atoms with van der Waals surface area (Å²) in [5, 5.41) is 3.53. The standard InChI is InChI=1S/C14H27N3O/c1-2-13(10-15-4-1)11-16-5-3-14(12-16)17-6-8-18-9-7-17/h13-15H,1-12H2. The van der Waals surface area contributed by atoms with Crippen LogP contribution in [0.2, 0.25) is 0 Å². The van der Waals surface area contributed by atoms with Crippen LogP contribution in [-0.4, -0.2) is 74.9 Å². The van der Waals surface area contributed by atoms with E-state index < -0.39 is 0 Å². The van der Waals surface area contributed by atoms with Gasteiger partial charge in [0.1, 0.15) is 0 Å². The summed E-state index contributed by atoms with van der Waals surface area (Å²) >= 11 is 0. The highest BCUT2D eigenvalue weighted by Crippen LogP contribution is 2.20. The second kappa shape index (κ2) is 6.33. The second-order valence-corrected chi connectivity index (χ2v) is 6.06. The van der Waals surface area contributed by atoms with E-state index >= 15 is 0 Å². The topological polar surface area (TPSA) is 27.7 Å². The number of morpholine rings is 1. The molecular formula is C14H27N3O. The smallest absolute Gasteiger partial charge is 0.0594 e. The summed E-state index contributed by atoms with van der Waals surface area (Å²) in [6, 6.07) is 0.797. The maximum absolute atomic E-state index is 5.44. The van der Waals surface area contributed by atoms with E-state index in [1.807, 2.05) is 0 Å². The zero-order valence-electron chi connectivity index (χ0n) is 11.4. The van der Waals surface area contributed by atoms with E-state index in [0.717, 1.165) is 38.3 Å². The van der Waals surface area contributed by atoms with Crippen molar-refractivity contribution in [3.8, 4) is 0 Å². The molecule has 18 heavy (non-hydrogen) atoms. The van der Waals surface area contributed by atoms with E-state index in [0.29, 0.717) is 0 Å². The van der Waals surface area contributed by atoms with Crippen LogP contribution < -0.4 is 5.32 Å². The lowest BCUT2D eigenvalue weighted by Gasteiger charge is -2.33. The molecule has 0 aromatic heterocycles. The second-order valence-electron chi connectivity index (χ2n) is 6.06. The van der Waals surface area contributed by atoms with Crippen LogP contribution in [0.15, 0.2) is 0 Å². The molecule has 104 valence electrons. The molecule has 2 atom stereocenters. The Hall–Kier alpha value is -0.160. The maximum atomic E-state index is 5.44. The van der Waals surface area contributed by atoms with Gasteiger partial charge in [0.15, 0.2) is 0 Å². The minimum atomic E-state index is 0.797. The largest absolute Gasteiger partial charge is 0.379 e. The van der Waals surface area contributed by atoms with Crippen molar-refractivity contribution < 1.29 is 4.74 Å². The number of piperidine rings is 1. The van der Waals surface area contributed by atoms with Gasteiger partial charge in [-0.25, -0.2) is 0 Å². The van der Waals surface area contributed by atoms with Crippen molar-refractivity contribution in [2.75, 3.05) is 59.0 Å². The van der Waals surface area contributed by atoms with Crippen molar-refractivity contribution in [1.82, 2.24) is 15.1 Å². The van der Waals surface area contributed by atoms with Gasteiger partial charge in [0.25, 0.3) is 0 Å². The summed E-state index contributed by atoms with van der Waals surface area (Å²) in [4.78, 5) is 5.33. The Balaban J connectivity index is 1.42. The molecule has 0 aromatic rings. The van der Waals surface area contributed by atoms with Crippen molar-refractivity contribution in [1.29, 1.82) is 0 Å². The van der Waals surface area contributed by atoms with E-state index in [9.17, 15) is 0 Å². The number of rotatable bonds is 3. The SMILES string of the molecule is C1CNCC(CN2CCC(N3CCOCC3)C2)C1. The molecule has 0 bridgehead atoms. The Morgan fingerprint density at radius 1 is 1.11 bits per heavy atom. The first-order valence-electron chi connectivity index (χ1n) is 7.67. The number of nitrogens with zero attached hydrogens (tertiary/aromatic N) is 2. The Morgan fingerprint density at radius 2 is 2.00 bits per heavy atom. The Bertz CT molecular complexity index is 249. The molecule has 0 spiro atoms. The fourth-order valence-electron chi connectivity index (χ4n) is 3.66. The molecule has 3 aliphatic rings. The number of hydrogen-bond donors (Lipinski definition) is 1. The molecule has 0 radical (unpaired) electrons. The first-order valence-corrected chi connectivity index (χ1v) is 7.67. The minimum absolute atomic E-state index is 0.797. The van der Waals surface area contributed by atoms with Crippen LogP contribution in [-0.2, 0) is 4.74 Å². The molecule has 0 saturated carbocycles. The highest BCUT2D eigenvalue weighted by atomic mass is 16.5. The van der Waals surface area contributed by atoms with Gasteiger partial charge in [-0.3, -0.25) is 4.90 Å². The van der Waals surface area contributed by atoms with Crippen LogP contribution in [0.25, 0.3) is 0 Å². The summed E-state index contributed by atoms with van der Waals surface area (Å²) < 4.78 is 5.44. The third-order valence-electron chi connectivity index (χ3n) is 4.72. The minimum Gasteiger partial charge on any atom is -0.379 e. The van der Waals surface area contributed by atoms with E-state index in [2.05, 4.69) is 15.1 Å². The van der Waals surface area contributed by atoms with Gasteiger partial charge < -0.3 is 15.0 Å². The predicted molar refractivity (Wildman–Crippen MR) is 72.8 cm³/mol. The highest BCUT2D eigenvalue weighted by Gasteiger charge is 2.29. The molecule has 3 heterocycles. The van der Waals surface area contributed by atoms with Crippen LogP contribution in [0.3, 0.4) is 0 Å². The molecule has 3 saturated heterocycles. The summed E-state index contributed by atoms with van der Waals surface area (Å²) in [7, 11) is 0. The fraction of sp³-hybridized carbons (Fsp3) is 1.00. The number of nitrogens with one attached hydrogen (secondary N) is 1. The van der Waals surface area contributed by atoms with Gasteiger partial charge in [0.05, 0.1) is 13.2 Å². The summed E-state index contributed by atoms with van der Waals surface area (Å²) in [5.41, 5.74) is 0. The monoisotopic (exact) mass is 253 g/mol. The molecule has 3 rings (SSSR count). The van der Waals surface area contributed by atoms with E-state index in [1.54, 1.807) is 0 Å². The fourth-order valence-corrected chi connectivity index (χ4v) is 3.66. The predicted octanol–water partition coefficient (Wildman–Crippen LogP) is 0.393. The number of ether oxygens (including phenoxy) is 1. The highest BCUT2D eigenvalue weighted by molar-refractivity contribution is 4.86. The van der Waals surface area contributed by atoms with E-state index in [-0.39, 0.29) is 0 Å². The van der Waals surface area contributed by atoms with Gasteiger partial charge in [0, 0.05) is 32.2 Å². The van der Waals surface area contributed by atoms with Crippen LogP contribution in [0.5, 0.6) is 0 Å². The van der Waals surface area contributed by atoms with E-state index in [4.69, 9.17) is 4.74 Å². The lowest BCUT2D eigenvalue weighted by atomic mass is 9.99. The third-order valence-corrected chi connectivity index (χ3v) is 4.72. The van der Waals surface area contributed by atoms with Gasteiger partial charge in [0.2, 0.25) is 0 Å². The lowest BCUT2D eigenvalue weighted by molar-refractivity contribution is 0.0182. The van der Waals surface area contributed by atoms with Crippen LogP contribution >= 0.6 is 0 Å². The van der Waals surface area contributed by atoms with Gasteiger partial charge in [-0.05, 0) is 44.8 Å². The van der Waals surface area contributed by atoms with Crippen molar-refractivity contribution in [3.05, 3.63) is 0 Å². The zero-order chi connectivity index (χ0) is 12.2. The molecular weight excluding hydrogens is 226 g/mol. The van der Waals surface area contributed by atoms with Crippen molar-refractivity contribution in [2.45, 2.75) is 25.3 Å². The molecule has 3 fully saturated rings. The van der Waals surface area contributed by atoms with Gasteiger partial charge in [-0.15, -0.1) is 0 Å². The van der Waals surface area contributed by atoms with Crippen molar-refractivity contribution in [2.24, 2.45) is 5.92 Å². The van der Waals surface area contributed by atoms with Crippen LogP contribution in [0, 0.1) is 5.92 Å². The quantitative estimate of drug-likeness (QED) is 0.787. The molecule has 0 amide bonds. The zero-order valence-corrected chi connectivity index (χ0v) is 11.4. The average molecular weight is 253 g/mol. The first-order chi connectivity index (χ1) is 8.92. The number of hydrogen-bond acceptors (Lipinski definition) is 4. The lowest BCUT2D eigenvalue weighted by Crippen LogP contribution is -2.45. The first kappa shape index (κ1) is 12.9. The van der Waals surface area contributed by atoms with Gasteiger partial charge in [-0.2, -0.15) is 0 Å². The summed E-state index contributed by atoms with van der Waals surface area (Å²) in [5.74, 6) is 0.891. The molecule has 4 heteroatoms. The number of likely N-dealkylation sites (tertiary alicyclic amines) is 1. The Kier molecular flexibility index (Phi) is 4.52.